The standard InChI is InChI=1S/C13H11N3O2S2/c14-9(7-8-5-6-12(19-8)16(17)18)13-15-10-3-1-2-4-11(10)20-13/h1-6,9H,7,14H2. The monoisotopic (exact) mass is 305 g/mol. The highest BCUT2D eigenvalue weighted by Crippen LogP contribution is 2.30. The third-order valence-corrected chi connectivity index (χ3v) is 5.10. The van der Waals surface area contributed by atoms with E-state index in [0.29, 0.717) is 6.42 Å². The topological polar surface area (TPSA) is 82.0 Å². The van der Waals surface area contributed by atoms with E-state index in [4.69, 9.17) is 5.73 Å². The minimum atomic E-state index is -0.378. The van der Waals surface area contributed by atoms with Gasteiger partial charge in [-0.3, -0.25) is 10.1 Å². The molecular weight excluding hydrogens is 294 g/mol. The molecule has 2 aromatic heterocycles. The number of hydrogen-bond acceptors (Lipinski definition) is 6. The van der Waals surface area contributed by atoms with Crippen molar-refractivity contribution < 1.29 is 4.92 Å². The van der Waals surface area contributed by atoms with Crippen LogP contribution in [-0.2, 0) is 6.42 Å². The van der Waals surface area contributed by atoms with Gasteiger partial charge in [0.05, 0.1) is 21.2 Å². The van der Waals surface area contributed by atoms with Crippen LogP contribution in [0.1, 0.15) is 15.9 Å². The summed E-state index contributed by atoms with van der Waals surface area (Å²) in [7, 11) is 0. The Kier molecular flexibility index (Phi) is 3.47. The van der Waals surface area contributed by atoms with Crippen molar-refractivity contribution >= 4 is 37.9 Å². The predicted octanol–water partition coefficient (Wildman–Crippen LogP) is 3.51. The molecule has 1 unspecified atom stereocenters. The van der Waals surface area contributed by atoms with Crippen LogP contribution in [-0.4, -0.2) is 9.91 Å². The van der Waals surface area contributed by atoms with E-state index in [1.807, 2.05) is 24.3 Å². The number of fused-ring (bicyclic) bond motifs is 1. The summed E-state index contributed by atoms with van der Waals surface area (Å²) in [4.78, 5) is 15.7. The molecule has 2 heterocycles. The van der Waals surface area contributed by atoms with E-state index in [2.05, 4.69) is 4.98 Å². The largest absolute Gasteiger partial charge is 0.324 e. The molecule has 0 spiro atoms. The van der Waals surface area contributed by atoms with Gasteiger partial charge in [0.15, 0.2) is 0 Å². The van der Waals surface area contributed by atoms with Crippen LogP contribution in [0.3, 0.4) is 0 Å². The smallest absolute Gasteiger partial charge is 0.322 e. The molecule has 0 aliphatic carbocycles. The van der Waals surface area contributed by atoms with Crippen molar-refractivity contribution in [2.45, 2.75) is 12.5 Å². The molecule has 1 atom stereocenters. The Hall–Kier alpha value is -1.83. The number of benzene rings is 1. The lowest BCUT2D eigenvalue weighted by atomic mass is 10.2. The number of thiazole rings is 1. The lowest BCUT2D eigenvalue weighted by Crippen LogP contribution is -2.12. The summed E-state index contributed by atoms with van der Waals surface area (Å²) in [5, 5.41) is 11.7. The molecule has 7 heteroatoms. The van der Waals surface area contributed by atoms with E-state index in [1.54, 1.807) is 17.4 Å². The van der Waals surface area contributed by atoms with Gasteiger partial charge in [-0.05, 0) is 18.2 Å². The number of rotatable bonds is 4. The highest BCUT2D eigenvalue weighted by atomic mass is 32.1. The summed E-state index contributed by atoms with van der Waals surface area (Å²) in [6, 6.07) is 10.9. The zero-order chi connectivity index (χ0) is 14.1. The average molecular weight is 305 g/mol. The van der Waals surface area contributed by atoms with Gasteiger partial charge in [-0.25, -0.2) is 4.98 Å². The van der Waals surface area contributed by atoms with E-state index in [0.717, 1.165) is 20.1 Å². The third-order valence-electron chi connectivity index (χ3n) is 2.88. The highest BCUT2D eigenvalue weighted by molar-refractivity contribution is 7.18. The Morgan fingerprint density at radius 2 is 2.05 bits per heavy atom. The summed E-state index contributed by atoms with van der Waals surface area (Å²) in [6.45, 7) is 0. The summed E-state index contributed by atoms with van der Waals surface area (Å²) < 4.78 is 1.11. The quantitative estimate of drug-likeness (QED) is 0.590. The number of nitro groups is 1. The maximum Gasteiger partial charge on any atom is 0.324 e. The van der Waals surface area contributed by atoms with Crippen molar-refractivity contribution in [2.24, 2.45) is 5.73 Å². The molecule has 0 fully saturated rings. The fourth-order valence-electron chi connectivity index (χ4n) is 1.93. The lowest BCUT2D eigenvalue weighted by Gasteiger charge is -2.05. The number of nitrogens with zero attached hydrogens (tertiary/aromatic N) is 2. The van der Waals surface area contributed by atoms with Gasteiger partial charge in [-0.1, -0.05) is 23.5 Å². The van der Waals surface area contributed by atoms with Crippen molar-refractivity contribution in [3.8, 4) is 0 Å². The lowest BCUT2D eigenvalue weighted by molar-refractivity contribution is -0.380. The molecule has 3 rings (SSSR count). The molecule has 0 amide bonds. The van der Waals surface area contributed by atoms with Crippen LogP contribution in [0.5, 0.6) is 0 Å². The Bertz CT molecular complexity index is 733. The molecule has 0 saturated carbocycles. The van der Waals surface area contributed by atoms with Crippen molar-refractivity contribution in [3.63, 3.8) is 0 Å². The Labute approximate surface area is 122 Å². The Morgan fingerprint density at radius 1 is 1.25 bits per heavy atom. The molecule has 0 aliphatic rings. The van der Waals surface area contributed by atoms with Gasteiger partial charge in [0.2, 0.25) is 0 Å². The van der Waals surface area contributed by atoms with Crippen LogP contribution in [0.4, 0.5) is 5.00 Å². The van der Waals surface area contributed by atoms with E-state index >= 15 is 0 Å². The van der Waals surface area contributed by atoms with Gasteiger partial charge in [0, 0.05) is 17.4 Å². The van der Waals surface area contributed by atoms with Crippen molar-refractivity contribution in [1.82, 2.24) is 4.98 Å². The molecule has 2 N–H and O–H groups in total. The zero-order valence-electron chi connectivity index (χ0n) is 10.4. The maximum atomic E-state index is 10.7. The SMILES string of the molecule is NC(Cc1ccc([N+](=O)[O-])s1)c1nc2ccccc2s1. The van der Waals surface area contributed by atoms with Gasteiger partial charge in [0.25, 0.3) is 0 Å². The van der Waals surface area contributed by atoms with Crippen LogP contribution < -0.4 is 5.73 Å². The van der Waals surface area contributed by atoms with Crippen molar-refractivity contribution in [3.05, 3.63) is 56.4 Å². The van der Waals surface area contributed by atoms with Crippen LogP contribution in [0, 0.1) is 10.1 Å². The second-order valence-electron chi connectivity index (χ2n) is 4.33. The minimum absolute atomic E-state index is 0.150. The third kappa shape index (κ3) is 2.55. The van der Waals surface area contributed by atoms with E-state index < -0.39 is 0 Å². The molecule has 5 nitrogen and oxygen atoms in total. The van der Waals surface area contributed by atoms with Crippen LogP contribution >= 0.6 is 22.7 Å². The number of hydrogen-bond donors (Lipinski definition) is 1. The van der Waals surface area contributed by atoms with Gasteiger partial charge >= 0.3 is 5.00 Å². The summed E-state index contributed by atoms with van der Waals surface area (Å²) in [5.74, 6) is 0. The van der Waals surface area contributed by atoms with E-state index in [9.17, 15) is 10.1 Å². The van der Waals surface area contributed by atoms with Gasteiger partial charge in [0.1, 0.15) is 5.01 Å². The summed E-state index contributed by atoms with van der Waals surface area (Å²) in [6.07, 6.45) is 0.568. The molecule has 102 valence electrons. The Balaban J connectivity index is 1.81. The highest BCUT2D eigenvalue weighted by Gasteiger charge is 2.16. The molecule has 3 aromatic rings. The fourth-order valence-corrected chi connectivity index (χ4v) is 3.77. The normalized spacial score (nSPS) is 12.7. The first kappa shape index (κ1) is 13.2. The maximum absolute atomic E-state index is 10.7. The van der Waals surface area contributed by atoms with E-state index in [1.165, 1.54) is 17.4 Å². The molecular formula is C13H11N3O2S2. The van der Waals surface area contributed by atoms with Crippen molar-refractivity contribution in [1.29, 1.82) is 0 Å². The second kappa shape index (κ2) is 5.28. The van der Waals surface area contributed by atoms with Gasteiger partial charge < -0.3 is 5.73 Å². The summed E-state index contributed by atoms with van der Waals surface area (Å²) >= 11 is 2.74. The first-order valence-electron chi connectivity index (χ1n) is 5.97. The molecule has 0 radical (unpaired) electrons. The zero-order valence-corrected chi connectivity index (χ0v) is 12.0. The number of thiophene rings is 1. The Morgan fingerprint density at radius 3 is 2.75 bits per heavy atom. The second-order valence-corrected chi connectivity index (χ2v) is 6.54. The van der Waals surface area contributed by atoms with Crippen LogP contribution in [0.15, 0.2) is 36.4 Å². The minimum Gasteiger partial charge on any atom is -0.322 e. The van der Waals surface area contributed by atoms with Crippen molar-refractivity contribution in [2.75, 3.05) is 0 Å². The molecule has 0 aliphatic heterocycles. The first-order valence-corrected chi connectivity index (χ1v) is 7.61. The van der Waals surface area contributed by atoms with E-state index in [-0.39, 0.29) is 16.0 Å². The molecule has 0 bridgehead atoms. The average Bonchev–Trinajstić information content (AvgIpc) is 3.04. The van der Waals surface area contributed by atoms with Crippen LogP contribution in [0.25, 0.3) is 10.2 Å². The van der Waals surface area contributed by atoms with Gasteiger partial charge in [-0.15, -0.1) is 11.3 Å². The summed E-state index contributed by atoms with van der Waals surface area (Å²) in [5.41, 5.74) is 7.11. The van der Waals surface area contributed by atoms with Crippen LogP contribution in [0.2, 0.25) is 0 Å². The molecule has 20 heavy (non-hydrogen) atoms. The molecule has 0 saturated heterocycles. The number of nitrogens with two attached hydrogens (primary N) is 1. The predicted molar refractivity (Wildman–Crippen MR) is 81.2 cm³/mol. The van der Waals surface area contributed by atoms with Gasteiger partial charge in [-0.2, -0.15) is 0 Å². The fraction of sp³-hybridized carbons (Fsp3) is 0.154. The molecule has 1 aromatic carbocycles. The first-order chi connectivity index (χ1) is 9.63. The number of aromatic nitrogens is 1. The number of para-hydroxylation sites is 1.